The van der Waals surface area contributed by atoms with E-state index >= 15 is 0 Å². The van der Waals surface area contributed by atoms with Gasteiger partial charge >= 0.3 is 5.97 Å². The topological polar surface area (TPSA) is 95.5 Å². The third kappa shape index (κ3) is 4.06. The van der Waals surface area contributed by atoms with E-state index in [2.05, 4.69) is 10.6 Å². The van der Waals surface area contributed by atoms with Gasteiger partial charge in [0.1, 0.15) is 5.00 Å². The molecule has 0 saturated heterocycles. The highest BCUT2D eigenvalue weighted by molar-refractivity contribution is 7.16. The molecule has 104 valence electrons. The van der Waals surface area contributed by atoms with Crippen molar-refractivity contribution >= 4 is 34.1 Å². The zero-order valence-electron chi connectivity index (χ0n) is 11.0. The first-order chi connectivity index (χ1) is 8.82. The monoisotopic (exact) mass is 284 g/mol. The molecular formula is C12H16N2O4S. The first-order valence-corrected chi connectivity index (χ1v) is 6.52. The van der Waals surface area contributed by atoms with Gasteiger partial charge in [-0.1, -0.05) is 0 Å². The van der Waals surface area contributed by atoms with Crippen LogP contribution in [-0.2, 0) is 9.59 Å². The molecule has 6 nitrogen and oxygen atoms in total. The molecule has 0 unspecified atom stereocenters. The summed E-state index contributed by atoms with van der Waals surface area (Å²) in [7, 11) is 0. The van der Waals surface area contributed by atoms with E-state index in [1.807, 2.05) is 6.92 Å². The molecule has 1 heterocycles. The SMILES string of the molecule is CC(=O)Nc1sc(C)c(C)c1C(=O)NCCC(=O)O. The molecule has 7 heteroatoms. The predicted octanol–water partition coefficient (Wildman–Crippen LogP) is 1.53. The van der Waals surface area contributed by atoms with Crippen molar-refractivity contribution in [3.05, 3.63) is 16.0 Å². The zero-order valence-corrected chi connectivity index (χ0v) is 11.8. The zero-order chi connectivity index (χ0) is 14.6. The van der Waals surface area contributed by atoms with Gasteiger partial charge in [-0.3, -0.25) is 14.4 Å². The summed E-state index contributed by atoms with van der Waals surface area (Å²) in [5.74, 6) is -1.59. The summed E-state index contributed by atoms with van der Waals surface area (Å²) in [6, 6.07) is 0. The molecule has 0 fully saturated rings. The Morgan fingerprint density at radius 2 is 1.89 bits per heavy atom. The predicted molar refractivity (Wildman–Crippen MR) is 72.7 cm³/mol. The Morgan fingerprint density at radius 3 is 2.42 bits per heavy atom. The molecule has 0 spiro atoms. The fourth-order valence-electron chi connectivity index (χ4n) is 1.52. The van der Waals surface area contributed by atoms with Gasteiger partial charge in [-0.2, -0.15) is 0 Å². The largest absolute Gasteiger partial charge is 0.481 e. The van der Waals surface area contributed by atoms with Crippen LogP contribution in [0.25, 0.3) is 0 Å². The van der Waals surface area contributed by atoms with E-state index in [1.165, 1.54) is 18.3 Å². The summed E-state index contributed by atoms with van der Waals surface area (Å²) in [6.07, 6.45) is -0.136. The molecule has 1 aromatic heterocycles. The van der Waals surface area contributed by atoms with Crippen LogP contribution in [0, 0.1) is 13.8 Å². The third-order valence-corrected chi connectivity index (χ3v) is 3.65. The van der Waals surface area contributed by atoms with Crippen molar-refractivity contribution in [3.8, 4) is 0 Å². The van der Waals surface area contributed by atoms with E-state index in [1.54, 1.807) is 6.92 Å². The minimum absolute atomic E-state index is 0.0576. The van der Waals surface area contributed by atoms with Crippen molar-refractivity contribution in [2.24, 2.45) is 0 Å². The molecule has 1 aromatic rings. The maximum Gasteiger partial charge on any atom is 0.305 e. The number of amides is 2. The van der Waals surface area contributed by atoms with Gasteiger partial charge in [-0.15, -0.1) is 11.3 Å². The lowest BCUT2D eigenvalue weighted by Gasteiger charge is -2.06. The van der Waals surface area contributed by atoms with E-state index in [0.29, 0.717) is 10.6 Å². The standard InChI is InChI=1S/C12H16N2O4S/c1-6-7(2)19-12(14-8(3)15)10(6)11(18)13-5-4-9(16)17/h4-5H2,1-3H3,(H,13,18)(H,14,15)(H,16,17). The van der Waals surface area contributed by atoms with Gasteiger partial charge < -0.3 is 15.7 Å². The number of aryl methyl sites for hydroxylation is 1. The second-order valence-electron chi connectivity index (χ2n) is 4.07. The fraction of sp³-hybridized carbons (Fsp3) is 0.417. The summed E-state index contributed by atoms with van der Waals surface area (Å²) in [6.45, 7) is 5.08. The van der Waals surface area contributed by atoms with Crippen molar-refractivity contribution in [2.75, 3.05) is 11.9 Å². The second kappa shape index (κ2) is 6.33. The molecule has 0 aliphatic heterocycles. The van der Waals surface area contributed by atoms with Gasteiger partial charge in [-0.25, -0.2) is 0 Å². The van der Waals surface area contributed by atoms with Gasteiger partial charge in [0.25, 0.3) is 5.91 Å². The van der Waals surface area contributed by atoms with Crippen LogP contribution in [-0.4, -0.2) is 29.4 Å². The summed E-state index contributed by atoms with van der Waals surface area (Å²) in [4.78, 5) is 34.4. The lowest BCUT2D eigenvalue weighted by atomic mass is 10.1. The Hall–Kier alpha value is -1.89. The number of carboxylic acid groups (broad SMARTS) is 1. The molecule has 0 aromatic carbocycles. The Balaban J connectivity index is 2.88. The van der Waals surface area contributed by atoms with Crippen LogP contribution >= 0.6 is 11.3 Å². The number of aliphatic carboxylic acids is 1. The molecule has 0 bridgehead atoms. The van der Waals surface area contributed by atoms with Crippen molar-refractivity contribution < 1.29 is 19.5 Å². The van der Waals surface area contributed by atoms with E-state index in [-0.39, 0.29) is 24.8 Å². The average Bonchev–Trinajstić information content (AvgIpc) is 2.52. The highest BCUT2D eigenvalue weighted by Crippen LogP contribution is 2.32. The summed E-state index contributed by atoms with van der Waals surface area (Å²) < 4.78 is 0. The number of carbonyl (C=O) groups excluding carboxylic acids is 2. The van der Waals surface area contributed by atoms with Crippen molar-refractivity contribution in [3.63, 3.8) is 0 Å². The highest BCUT2D eigenvalue weighted by atomic mass is 32.1. The Morgan fingerprint density at radius 1 is 1.26 bits per heavy atom. The van der Waals surface area contributed by atoms with Crippen molar-refractivity contribution in [1.82, 2.24) is 5.32 Å². The van der Waals surface area contributed by atoms with Gasteiger partial charge in [0.2, 0.25) is 5.91 Å². The summed E-state index contributed by atoms with van der Waals surface area (Å²) >= 11 is 1.33. The van der Waals surface area contributed by atoms with Crippen LogP contribution in [0.1, 0.15) is 34.1 Å². The molecule has 3 N–H and O–H groups in total. The smallest absolute Gasteiger partial charge is 0.305 e. The number of anilines is 1. The lowest BCUT2D eigenvalue weighted by molar-refractivity contribution is -0.136. The van der Waals surface area contributed by atoms with E-state index in [9.17, 15) is 14.4 Å². The summed E-state index contributed by atoms with van der Waals surface area (Å²) in [5, 5.41) is 14.2. The highest BCUT2D eigenvalue weighted by Gasteiger charge is 2.20. The molecule has 0 saturated carbocycles. The Kier molecular flexibility index (Phi) is 5.05. The number of hydrogen-bond donors (Lipinski definition) is 3. The quantitative estimate of drug-likeness (QED) is 0.764. The summed E-state index contributed by atoms with van der Waals surface area (Å²) in [5.41, 5.74) is 1.20. The first-order valence-electron chi connectivity index (χ1n) is 5.70. The Labute approximate surface area is 114 Å². The van der Waals surface area contributed by atoms with E-state index < -0.39 is 5.97 Å². The number of carboxylic acids is 1. The van der Waals surface area contributed by atoms with Crippen LogP contribution in [0.15, 0.2) is 0 Å². The molecule has 0 aliphatic rings. The van der Waals surface area contributed by atoms with Crippen LogP contribution in [0.4, 0.5) is 5.00 Å². The molecule has 0 aliphatic carbocycles. The van der Waals surface area contributed by atoms with Gasteiger partial charge in [-0.05, 0) is 19.4 Å². The molecule has 0 radical (unpaired) electrons. The van der Waals surface area contributed by atoms with Crippen LogP contribution in [0.2, 0.25) is 0 Å². The molecule has 2 amide bonds. The van der Waals surface area contributed by atoms with Gasteiger partial charge in [0, 0.05) is 18.3 Å². The molecule has 1 rings (SSSR count). The number of carbonyl (C=O) groups is 3. The van der Waals surface area contributed by atoms with Gasteiger partial charge in [0.05, 0.1) is 12.0 Å². The first kappa shape index (κ1) is 15.2. The molecular weight excluding hydrogens is 268 g/mol. The van der Waals surface area contributed by atoms with Crippen molar-refractivity contribution in [1.29, 1.82) is 0 Å². The number of nitrogens with one attached hydrogen (secondary N) is 2. The third-order valence-electron chi connectivity index (χ3n) is 2.53. The normalized spacial score (nSPS) is 10.1. The van der Waals surface area contributed by atoms with Crippen LogP contribution in [0.3, 0.4) is 0 Å². The van der Waals surface area contributed by atoms with Crippen LogP contribution < -0.4 is 10.6 Å². The second-order valence-corrected chi connectivity index (χ2v) is 5.29. The van der Waals surface area contributed by atoms with Crippen molar-refractivity contribution in [2.45, 2.75) is 27.2 Å². The van der Waals surface area contributed by atoms with Crippen LogP contribution in [0.5, 0.6) is 0 Å². The average molecular weight is 284 g/mol. The maximum atomic E-state index is 12.0. The van der Waals surface area contributed by atoms with E-state index in [0.717, 1.165) is 10.4 Å². The maximum absolute atomic E-state index is 12.0. The number of thiophene rings is 1. The Bertz CT molecular complexity index is 522. The molecule has 0 atom stereocenters. The van der Waals surface area contributed by atoms with Gasteiger partial charge in [0.15, 0.2) is 0 Å². The molecule has 19 heavy (non-hydrogen) atoms. The lowest BCUT2D eigenvalue weighted by Crippen LogP contribution is -2.27. The number of hydrogen-bond acceptors (Lipinski definition) is 4. The van der Waals surface area contributed by atoms with E-state index in [4.69, 9.17) is 5.11 Å². The fourth-order valence-corrected chi connectivity index (χ4v) is 2.62. The minimum Gasteiger partial charge on any atom is -0.481 e. The minimum atomic E-state index is -0.972. The number of rotatable bonds is 5.